The van der Waals surface area contributed by atoms with Crippen molar-refractivity contribution in [2.24, 2.45) is 0 Å². The molecule has 1 aliphatic heterocycles. The van der Waals surface area contributed by atoms with Crippen molar-refractivity contribution in [2.45, 2.75) is 27.2 Å². The minimum Gasteiger partial charge on any atom is -0.306 e. The van der Waals surface area contributed by atoms with Gasteiger partial charge in [0, 0.05) is 23.5 Å². The highest BCUT2D eigenvalue weighted by atomic mass is 35.5. The number of aryl methyl sites for hydroxylation is 1. The first-order chi connectivity index (χ1) is 10.6. The topological polar surface area (TPSA) is 33.2 Å². The van der Waals surface area contributed by atoms with Crippen molar-refractivity contribution in [3.05, 3.63) is 58.1 Å². The van der Waals surface area contributed by atoms with Gasteiger partial charge in [-0.25, -0.2) is 4.39 Å². The van der Waals surface area contributed by atoms with E-state index in [1.807, 2.05) is 20.8 Å². The van der Waals surface area contributed by atoms with Gasteiger partial charge in [0.1, 0.15) is 11.5 Å². The molecular formula is C17H18ClFN2O. The van der Waals surface area contributed by atoms with Gasteiger partial charge >= 0.3 is 0 Å². The van der Waals surface area contributed by atoms with Crippen molar-refractivity contribution >= 4 is 23.2 Å². The molecule has 5 heteroatoms. The number of rotatable bonds is 1. The van der Waals surface area contributed by atoms with Crippen molar-refractivity contribution in [3.63, 3.8) is 0 Å². The summed E-state index contributed by atoms with van der Waals surface area (Å²) < 4.78 is 13.2. The standard InChI is InChI=1S/C15H12ClFN2O.C2H6/c1-9-8-18-13(7-12(9)16)15(20)19-5-4-10-6-11(17)2-3-14(10)19;1-2/h2-3,6-8H,4-5H2,1H3;1-2H3. The molecule has 0 atom stereocenters. The summed E-state index contributed by atoms with van der Waals surface area (Å²) in [6.07, 6.45) is 2.23. The Balaban J connectivity index is 0.000000847. The van der Waals surface area contributed by atoms with Crippen LogP contribution in [0.3, 0.4) is 0 Å². The van der Waals surface area contributed by atoms with E-state index >= 15 is 0 Å². The number of hydrogen-bond donors (Lipinski definition) is 0. The van der Waals surface area contributed by atoms with Crippen LogP contribution in [-0.4, -0.2) is 17.4 Å². The molecule has 0 aliphatic carbocycles. The van der Waals surface area contributed by atoms with Crippen LogP contribution in [0.5, 0.6) is 0 Å². The number of hydrogen-bond acceptors (Lipinski definition) is 2. The number of carbonyl (C=O) groups excluding carboxylic acids is 1. The Kier molecular flexibility index (Phi) is 5.14. The number of benzene rings is 1. The summed E-state index contributed by atoms with van der Waals surface area (Å²) in [5.41, 5.74) is 2.72. The molecular weight excluding hydrogens is 303 g/mol. The summed E-state index contributed by atoms with van der Waals surface area (Å²) >= 11 is 6.03. The predicted octanol–water partition coefficient (Wildman–Crippen LogP) is 4.41. The monoisotopic (exact) mass is 320 g/mol. The second kappa shape index (κ2) is 6.88. The van der Waals surface area contributed by atoms with Gasteiger partial charge < -0.3 is 4.90 Å². The SMILES string of the molecule is CC.Cc1cnc(C(=O)N2CCc3cc(F)ccc32)cc1Cl. The Morgan fingerprint density at radius 2 is 2.05 bits per heavy atom. The van der Waals surface area contributed by atoms with Crippen LogP contribution in [0.1, 0.15) is 35.5 Å². The lowest BCUT2D eigenvalue weighted by Crippen LogP contribution is -2.29. The predicted molar refractivity (Wildman–Crippen MR) is 87.1 cm³/mol. The first-order valence-electron chi connectivity index (χ1n) is 7.28. The van der Waals surface area contributed by atoms with E-state index in [0.717, 1.165) is 16.8 Å². The van der Waals surface area contributed by atoms with Gasteiger partial charge in [-0.3, -0.25) is 9.78 Å². The van der Waals surface area contributed by atoms with Crippen molar-refractivity contribution in [1.82, 2.24) is 4.98 Å². The Bertz CT molecular complexity index is 703. The van der Waals surface area contributed by atoms with Crippen LogP contribution >= 0.6 is 11.6 Å². The molecule has 116 valence electrons. The zero-order valence-corrected chi connectivity index (χ0v) is 13.6. The number of nitrogens with zero attached hydrogens (tertiary/aromatic N) is 2. The molecule has 0 saturated carbocycles. The van der Waals surface area contributed by atoms with E-state index < -0.39 is 0 Å². The second-order valence-corrected chi connectivity index (χ2v) is 5.21. The number of anilines is 1. The lowest BCUT2D eigenvalue weighted by Gasteiger charge is -2.17. The molecule has 1 aromatic carbocycles. The largest absolute Gasteiger partial charge is 0.306 e. The highest BCUT2D eigenvalue weighted by Gasteiger charge is 2.26. The lowest BCUT2D eigenvalue weighted by molar-refractivity contribution is 0.0984. The van der Waals surface area contributed by atoms with Crippen LogP contribution < -0.4 is 4.90 Å². The maximum Gasteiger partial charge on any atom is 0.276 e. The van der Waals surface area contributed by atoms with Gasteiger partial charge in [-0.2, -0.15) is 0 Å². The molecule has 2 heterocycles. The molecule has 0 fully saturated rings. The zero-order valence-electron chi connectivity index (χ0n) is 12.9. The number of aromatic nitrogens is 1. The fourth-order valence-electron chi connectivity index (χ4n) is 2.34. The number of amides is 1. The van der Waals surface area contributed by atoms with Gasteiger partial charge in [-0.05, 0) is 48.7 Å². The highest BCUT2D eigenvalue weighted by Crippen LogP contribution is 2.30. The highest BCUT2D eigenvalue weighted by molar-refractivity contribution is 6.31. The minimum atomic E-state index is -0.283. The van der Waals surface area contributed by atoms with E-state index in [4.69, 9.17) is 11.6 Å². The van der Waals surface area contributed by atoms with Crippen molar-refractivity contribution in [3.8, 4) is 0 Å². The summed E-state index contributed by atoms with van der Waals surface area (Å²) in [6, 6.07) is 6.03. The normalized spacial score (nSPS) is 12.5. The van der Waals surface area contributed by atoms with Gasteiger partial charge in [-0.1, -0.05) is 25.4 Å². The van der Waals surface area contributed by atoms with E-state index in [9.17, 15) is 9.18 Å². The number of halogens is 2. The van der Waals surface area contributed by atoms with E-state index in [0.29, 0.717) is 23.7 Å². The van der Waals surface area contributed by atoms with Gasteiger partial charge in [0.15, 0.2) is 0 Å². The molecule has 1 aliphatic rings. The average Bonchev–Trinajstić information content (AvgIpc) is 2.94. The quantitative estimate of drug-likeness (QED) is 0.779. The number of fused-ring (bicyclic) bond motifs is 1. The number of pyridine rings is 1. The van der Waals surface area contributed by atoms with Crippen LogP contribution in [0.4, 0.5) is 10.1 Å². The van der Waals surface area contributed by atoms with Gasteiger partial charge in [0.05, 0.1) is 0 Å². The smallest absolute Gasteiger partial charge is 0.276 e. The van der Waals surface area contributed by atoms with E-state index in [2.05, 4.69) is 4.98 Å². The van der Waals surface area contributed by atoms with E-state index in [1.165, 1.54) is 12.1 Å². The molecule has 2 aromatic rings. The van der Waals surface area contributed by atoms with Crippen LogP contribution in [0.2, 0.25) is 5.02 Å². The molecule has 0 saturated heterocycles. The molecule has 22 heavy (non-hydrogen) atoms. The van der Waals surface area contributed by atoms with Gasteiger partial charge in [0.2, 0.25) is 0 Å². The zero-order chi connectivity index (χ0) is 16.3. The molecule has 3 nitrogen and oxygen atoms in total. The fourth-order valence-corrected chi connectivity index (χ4v) is 2.49. The van der Waals surface area contributed by atoms with E-state index in [-0.39, 0.29) is 11.7 Å². The summed E-state index contributed by atoms with van der Waals surface area (Å²) in [5, 5.41) is 0.516. The second-order valence-electron chi connectivity index (χ2n) is 4.80. The third kappa shape index (κ3) is 3.12. The van der Waals surface area contributed by atoms with Crippen molar-refractivity contribution in [2.75, 3.05) is 11.4 Å². The van der Waals surface area contributed by atoms with E-state index in [1.54, 1.807) is 23.2 Å². The van der Waals surface area contributed by atoms with Crippen LogP contribution in [0.25, 0.3) is 0 Å². The molecule has 1 aromatic heterocycles. The molecule has 0 spiro atoms. The first-order valence-corrected chi connectivity index (χ1v) is 7.66. The lowest BCUT2D eigenvalue weighted by atomic mass is 10.1. The number of carbonyl (C=O) groups is 1. The molecule has 1 amide bonds. The Hall–Kier alpha value is -1.94. The third-order valence-electron chi connectivity index (χ3n) is 3.44. The van der Waals surface area contributed by atoms with Crippen LogP contribution in [0.15, 0.2) is 30.5 Å². The first kappa shape index (κ1) is 16.4. The van der Waals surface area contributed by atoms with Crippen molar-refractivity contribution in [1.29, 1.82) is 0 Å². The van der Waals surface area contributed by atoms with Crippen molar-refractivity contribution < 1.29 is 9.18 Å². The van der Waals surface area contributed by atoms with Gasteiger partial charge in [-0.15, -0.1) is 0 Å². The fraction of sp³-hybridized carbons (Fsp3) is 0.294. The summed E-state index contributed by atoms with van der Waals surface area (Å²) in [7, 11) is 0. The molecule has 0 N–H and O–H groups in total. The Morgan fingerprint density at radius 1 is 1.32 bits per heavy atom. The molecule has 0 unspecified atom stereocenters. The third-order valence-corrected chi connectivity index (χ3v) is 3.85. The minimum absolute atomic E-state index is 0.211. The Morgan fingerprint density at radius 3 is 2.73 bits per heavy atom. The summed E-state index contributed by atoms with van der Waals surface area (Å²) in [6.45, 7) is 6.36. The molecule has 0 bridgehead atoms. The maximum atomic E-state index is 13.2. The van der Waals surface area contributed by atoms with Crippen LogP contribution in [0, 0.1) is 12.7 Å². The summed E-state index contributed by atoms with van der Waals surface area (Å²) in [4.78, 5) is 18.2. The maximum absolute atomic E-state index is 13.2. The van der Waals surface area contributed by atoms with Gasteiger partial charge in [0.25, 0.3) is 5.91 Å². The molecule has 3 rings (SSSR count). The Labute approximate surface area is 134 Å². The molecule has 0 radical (unpaired) electrons. The average molecular weight is 321 g/mol. The summed E-state index contributed by atoms with van der Waals surface area (Å²) in [5.74, 6) is -0.494. The van der Waals surface area contributed by atoms with Crippen LogP contribution in [-0.2, 0) is 6.42 Å².